The molecule has 1 aliphatic carbocycles. The summed E-state index contributed by atoms with van der Waals surface area (Å²) in [5, 5.41) is 20.2. The van der Waals surface area contributed by atoms with E-state index in [9.17, 15) is 9.59 Å². The van der Waals surface area contributed by atoms with Crippen LogP contribution in [0.5, 0.6) is 0 Å². The van der Waals surface area contributed by atoms with E-state index in [0.29, 0.717) is 12.8 Å². The molecule has 1 fully saturated rings. The van der Waals surface area contributed by atoms with Crippen LogP contribution in [0.1, 0.15) is 40.0 Å². The summed E-state index contributed by atoms with van der Waals surface area (Å²) in [7, 11) is 0. The summed E-state index contributed by atoms with van der Waals surface area (Å²) in [6.07, 6.45) is 0.716. The normalized spacial score (nSPS) is 18.3. The Kier molecular flexibility index (Phi) is 3.85. The van der Waals surface area contributed by atoms with E-state index >= 15 is 0 Å². The second kappa shape index (κ2) is 4.84. The number of alkyl carbamates (subject to hydrolysis) is 1. The van der Waals surface area contributed by atoms with Crippen molar-refractivity contribution in [3.63, 3.8) is 0 Å². The van der Waals surface area contributed by atoms with E-state index in [2.05, 4.69) is 11.4 Å². The molecule has 1 saturated carbocycles. The number of hydrogen-bond donors (Lipinski definition) is 2. The van der Waals surface area contributed by atoms with E-state index in [0.717, 1.165) is 0 Å². The number of ether oxygens (including phenoxy) is 1. The number of nitrogens with one attached hydrogen (secondary N) is 1. The lowest BCUT2D eigenvalue weighted by atomic mass is 9.99. The van der Waals surface area contributed by atoms with Gasteiger partial charge in [0.05, 0.1) is 11.5 Å². The molecule has 0 aromatic rings. The first-order valence-corrected chi connectivity index (χ1v) is 5.81. The van der Waals surface area contributed by atoms with Crippen LogP contribution < -0.4 is 5.32 Å². The van der Waals surface area contributed by atoms with Crippen LogP contribution in [0, 0.1) is 16.7 Å². The molecule has 0 spiro atoms. The average molecular weight is 254 g/mol. The van der Waals surface area contributed by atoms with Crippen molar-refractivity contribution in [2.24, 2.45) is 5.41 Å². The minimum Gasteiger partial charge on any atom is -0.480 e. The molecule has 0 bridgehead atoms. The molecule has 100 valence electrons. The zero-order chi connectivity index (χ0) is 14.0. The van der Waals surface area contributed by atoms with Crippen molar-refractivity contribution in [1.82, 2.24) is 5.32 Å². The third-order valence-corrected chi connectivity index (χ3v) is 2.67. The fourth-order valence-electron chi connectivity index (χ4n) is 1.55. The number of rotatable bonds is 4. The van der Waals surface area contributed by atoms with Crippen molar-refractivity contribution in [3.8, 4) is 6.07 Å². The summed E-state index contributed by atoms with van der Waals surface area (Å²) in [5.74, 6) is -1.15. The first-order chi connectivity index (χ1) is 8.17. The van der Waals surface area contributed by atoms with Gasteiger partial charge in [-0.2, -0.15) is 5.26 Å². The fourth-order valence-corrected chi connectivity index (χ4v) is 1.55. The molecule has 0 saturated heterocycles. The number of carbonyl (C=O) groups is 2. The van der Waals surface area contributed by atoms with E-state index in [4.69, 9.17) is 15.1 Å². The van der Waals surface area contributed by atoms with Gasteiger partial charge in [-0.3, -0.25) is 0 Å². The highest BCUT2D eigenvalue weighted by molar-refractivity contribution is 5.80. The minimum absolute atomic E-state index is 0.123. The highest BCUT2D eigenvalue weighted by Crippen LogP contribution is 2.48. The Balaban J connectivity index is 2.57. The van der Waals surface area contributed by atoms with Gasteiger partial charge in [-0.05, 0) is 40.0 Å². The van der Waals surface area contributed by atoms with Gasteiger partial charge in [-0.1, -0.05) is 0 Å². The third kappa shape index (κ3) is 4.24. The lowest BCUT2D eigenvalue weighted by Crippen LogP contribution is -2.44. The number of carbonyl (C=O) groups excluding carboxylic acids is 1. The second-order valence-corrected chi connectivity index (χ2v) is 5.63. The Morgan fingerprint density at radius 3 is 2.39 bits per heavy atom. The lowest BCUT2D eigenvalue weighted by Gasteiger charge is -2.22. The topological polar surface area (TPSA) is 99.4 Å². The molecule has 1 amide bonds. The smallest absolute Gasteiger partial charge is 0.408 e. The molecule has 0 radical (unpaired) electrons. The number of amides is 1. The average Bonchev–Trinajstić information content (AvgIpc) is 2.94. The van der Waals surface area contributed by atoms with Crippen LogP contribution in [-0.4, -0.2) is 28.8 Å². The van der Waals surface area contributed by atoms with Crippen molar-refractivity contribution in [2.45, 2.75) is 51.7 Å². The van der Waals surface area contributed by atoms with Gasteiger partial charge < -0.3 is 15.2 Å². The first kappa shape index (κ1) is 14.3. The highest BCUT2D eigenvalue weighted by atomic mass is 16.6. The Labute approximate surface area is 106 Å². The molecule has 1 aliphatic rings. The molecular weight excluding hydrogens is 236 g/mol. The summed E-state index contributed by atoms with van der Waals surface area (Å²) in [6.45, 7) is 5.08. The van der Waals surface area contributed by atoms with Gasteiger partial charge in [0, 0.05) is 0 Å². The Bertz CT molecular complexity index is 388. The standard InChI is InChI=1S/C12H18N2O4/c1-11(2,3)18-10(17)14-8(9(15)16)6-12(7-13)4-5-12/h8H,4-6H2,1-3H3,(H,14,17)(H,15,16). The quantitative estimate of drug-likeness (QED) is 0.794. The van der Waals surface area contributed by atoms with Crippen LogP contribution in [0.4, 0.5) is 4.79 Å². The maximum atomic E-state index is 11.5. The molecular formula is C12H18N2O4. The first-order valence-electron chi connectivity index (χ1n) is 5.81. The number of carboxylic acid groups (broad SMARTS) is 1. The highest BCUT2D eigenvalue weighted by Gasteiger charge is 2.46. The Morgan fingerprint density at radius 2 is 2.06 bits per heavy atom. The van der Waals surface area contributed by atoms with Crippen LogP contribution in [0.15, 0.2) is 0 Å². The Morgan fingerprint density at radius 1 is 1.50 bits per heavy atom. The van der Waals surface area contributed by atoms with Gasteiger partial charge in [0.2, 0.25) is 0 Å². The molecule has 6 heteroatoms. The van der Waals surface area contributed by atoms with E-state index in [1.165, 1.54) is 0 Å². The molecule has 2 N–H and O–H groups in total. The Hall–Kier alpha value is -1.77. The van der Waals surface area contributed by atoms with Gasteiger partial charge in [-0.25, -0.2) is 9.59 Å². The van der Waals surface area contributed by atoms with E-state index in [-0.39, 0.29) is 6.42 Å². The zero-order valence-corrected chi connectivity index (χ0v) is 10.8. The van der Waals surface area contributed by atoms with Crippen LogP contribution in [0.25, 0.3) is 0 Å². The second-order valence-electron chi connectivity index (χ2n) is 5.63. The largest absolute Gasteiger partial charge is 0.480 e. The van der Waals surface area contributed by atoms with Crippen molar-refractivity contribution < 1.29 is 19.4 Å². The monoisotopic (exact) mass is 254 g/mol. The molecule has 1 unspecified atom stereocenters. The minimum atomic E-state index is -1.15. The summed E-state index contributed by atoms with van der Waals surface area (Å²) in [4.78, 5) is 22.5. The van der Waals surface area contributed by atoms with Crippen molar-refractivity contribution in [1.29, 1.82) is 5.26 Å². The van der Waals surface area contributed by atoms with Crippen molar-refractivity contribution in [2.75, 3.05) is 0 Å². The summed E-state index contributed by atoms with van der Waals surface area (Å²) in [6, 6.07) is 1.02. The molecule has 0 aromatic heterocycles. The number of nitrogens with zero attached hydrogens (tertiary/aromatic N) is 1. The number of nitriles is 1. The van der Waals surface area contributed by atoms with Gasteiger partial charge in [-0.15, -0.1) is 0 Å². The SMILES string of the molecule is CC(C)(C)OC(=O)NC(CC1(C#N)CC1)C(=O)O. The molecule has 0 heterocycles. The number of carboxylic acids is 1. The van der Waals surface area contributed by atoms with Crippen LogP contribution in [0.2, 0.25) is 0 Å². The summed E-state index contributed by atoms with van der Waals surface area (Å²) < 4.78 is 4.99. The van der Waals surface area contributed by atoms with Crippen LogP contribution in [-0.2, 0) is 9.53 Å². The van der Waals surface area contributed by atoms with Gasteiger partial charge in [0.1, 0.15) is 11.6 Å². The van der Waals surface area contributed by atoms with Crippen LogP contribution >= 0.6 is 0 Å². The molecule has 0 aromatic carbocycles. The van der Waals surface area contributed by atoms with Gasteiger partial charge in [0.15, 0.2) is 0 Å². The molecule has 0 aliphatic heterocycles. The lowest BCUT2D eigenvalue weighted by molar-refractivity contribution is -0.139. The fraction of sp³-hybridized carbons (Fsp3) is 0.750. The molecule has 1 rings (SSSR count). The number of aliphatic carboxylic acids is 1. The van der Waals surface area contributed by atoms with Gasteiger partial charge in [0.25, 0.3) is 0 Å². The van der Waals surface area contributed by atoms with Crippen molar-refractivity contribution in [3.05, 3.63) is 0 Å². The zero-order valence-electron chi connectivity index (χ0n) is 10.8. The summed E-state index contributed by atoms with van der Waals surface area (Å²) in [5.41, 5.74) is -1.27. The molecule has 18 heavy (non-hydrogen) atoms. The predicted molar refractivity (Wildman–Crippen MR) is 62.7 cm³/mol. The predicted octanol–water partition coefficient (Wildman–Crippen LogP) is 1.66. The maximum Gasteiger partial charge on any atom is 0.408 e. The molecule has 6 nitrogen and oxygen atoms in total. The van der Waals surface area contributed by atoms with Crippen LogP contribution in [0.3, 0.4) is 0 Å². The number of hydrogen-bond acceptors (Lipinski definition) is 4. The third-order valence-electron chi connectivity index (χ3n) is 2.67. The maximum absolute atomic E-state index is 11.5. The van der Waals surface area contributed by atoms with Crippen molar-refractivity contribution >= 4 is 12.1 Å². The van der Waals surface area contributed by atoms with E-state index in [1.807, 2.05) is 0 Å². The molecule has 1 atom stereocenters. The van der Waals surface area contributed by atoms with E-state index < -0.39 is 29.1 Å². The van der Waals surface area contributed by atoms with Gasteiger partial charge >= 0.3 is 12.1 Å². The summed E-state index contributed by atoms with van der Waals surface area (Å²) >= 11 is 0. The van der Waals surface area contributed by atoms with E-state index in [1.54, 1.807) is 20.8 Å².